The zero-order valence-electron chi connectivity index (χ0n) is 37.8. The van der Waals surface area contributed by atoms with Gasteiger partial charge in [0.25, 0.3) is 15.9 Å². The maximum Gasteiger partial charge on any atom is 0.450 e. The van der Waals surface area contributed by atoms with Crippen LogP contribution < -0.4 is 4.18 Å². The van der Waals surface area contributed by atoms with Crippen molar-refractivity contribution in [1.29, 1.82) is 0 Å². The van der Waals surface area contributed by atoms with E-state index in [9.17, 15) is 95.9 Å². The minimum Gasteiger partial charge on any atom is -0.378 e. The highest BCUT2D eigenvalue weighted by molar-refractivity contribution is 7.90. The molecule has 1 amide bonds. The maximum atomic E-state index is 14.1. The average Bonchev–Trinajstić information content (AvgIpc) is 3.33. The molecule has 1 heterocycles. The summed E-state index contributed by atoms with van der Waals surface area (Å²) in [5.74, 6) is -15.8. The van der Waals surface area contributed by atoms with E-state index in [1.165, 1.54) is 18.2 Å². The second-order valence-electron chi connectivity index (χ2n) is 15.8. The van der Waals surface area contributed by atoms with E-state index in [1.807, 2.05) is 36.4 Å². The van der Waals surface area contributed by atoms with Crippen molar-refractivity contribution in [3.63, 3.8) is 0 Å². The molecule has 1 atom stereocenters. The molecule has 2 N–H and O–H groups in total. The Balaban J connectivity index is 0.000000339. The number of piperazine rings is 1. The summed E-state index contributed by atoms with van der Waals surface area (Å²) < 4.78 is 281. The number of amides is 1. The fourth-order valence-corrected chi connectivity index (χ4v) is 9.95. The number of sulfonamides is 1. The van der Waals surface area contributed by atoms with Crippen LogP contribution in [0.4, 0.5) is 52.7 Å². The van der Waals surface area contributed by atoms with E-state index in [2.05, 4.69) is 17.3 Å². The van der Waals surface area contributed by atoms with Crippen LogP contribution in [0.2, 0.25) is 0 Å². The van der Waals surface area contributed by atoms with Gasteiger partial charge in [0.1, 0.15) is 12.0 Å². The zero-order chi connectivity index (χ0) is 57.0. The quantitative estimate of drug-likeness (QED) is 0.0248. The molecule has 5 rings (SSSR count). The number of alkyl halides is 12. The lowest BCUT2D eigenvalue weighted by Crippen LogP contribution is -2.64. The van der Waals surface area contributed by atoms with Gasteiger partial charge in [0, 0.05) is 51.2 Å². The van der Waals surface area contributed by atoms with E-state index in [1.54, 1.807) is 18.2 Å². The average molecular weight is 1170 g/mol. The van der Waals surface area contributed by atoms with Crippen molar-refractivity contribution in [2.45, 2.75) is 58.2 Å². The lowest BCUT2D eigenvalue weighted by atomic mass is 9.98. The number of halogens is 12. The van der Waals surface area contributed by atoms with Crippen molar-refractivity contribution in [1.82, 2.24) is 9.21 Å². The normalized spacial score (nSPS) is 15.4. The molecule has 75 heavy (non-hydrogen) atoms. The van der Waals surface area contributed by atoms with Gasteiger partial charge in [-0.25, -0.2) is 8.42 Å². The standard InChI is InChI=1S/C27H24F6O8S2.C16H16F6N2O6S2/c1-2-18-5-7-22-16-19(6-8-21(22)15-18)17-24(40-14-4-3-13-34)20-9-11-23(12-10-20)41-43(38,39)27(32,33)25(28,29)26(30,31)42(35,36)37;1-2-11-3-5-12(6-4-11)13(25)23-7-9-24(10-8-23)31(26,27)15(19,20)14(17,18)16(21,22)32(28,29)30/h2,5-13,15-16,24H,1,3-4,14,17H2,(H,35,36,37);2-6H,1,7-10H2,(H,28,29,30). The second kappa shape index (κ2) is 22.5. The number of unbranched alkanes of at least 4 members (excludes halogenated alkanes) is 1. The van der Waals surface area contributed by atoms with E-state index in [-0.39, 0.29) is 29.3 Å². The third-order valence-corrected chi connectivity index (χ3v) is 15.9. The Bertz CT molecular complexity index is 3210. The van der Waals surface area contributed by atoms with Crippen molar-refractivity contribution in [2.75, 3.05) is 32.8 Å². The van der Waals surface area contributed by atoms with Gasteiger partial charge in [0.15, 0.2) is 0 Å². The van der Waals surface area contributed by atoms with Crippen LogP contribution in [-0.2, 0) is 56.3 Å². The third kappa shape index (κ3) is 12.5. The first-order valence-corrected chi connectivity index (χ1v) is 26.5. The van der Waals surface area contributed by atoms with Crippen LogP contribution in [0.1, 0.15) is 51.6 Å². The fourth-order valence-electron chi connectivity index (χ4n) is 6.58. The molecule has 1 unspecified atom stereocenters. The summed E-state index contributed by atoms with van der Waals surface area (Å²) in [4.78, 5) is 24.1. The topological polar surface area (TPSA) is 236 Å². The van der Waals surface area contributed by atoms with E-state index in [0.717, 1.165) is 51.1 Å². The molecule has 16 nitrogen and oxygen atoms in total. The van der Waals surface area contributed by atoms with Gasteiger partial charge in [0.2, 0.25) is 0 Å². The van der Waals surface area contributed by atoms with E-state index < -0.39 is 117 Å². The molecule has 414 valence electrons. The van der Waals surface area contributed by atoms with Crippen LogP contribution in [0.5, 0.6) is 5.75 Å². The van der Waals surface area contributed by atoms with E-state index in [4.69, 9.17) is 13.8 Å². The molecule has 1 saturated heterocycles. The summed E-state index contributed by atoms with van der Waals surface area (Å²) in [7, 11) is -27.8. The molecule has 4 aromatic rings. The molecule has 1 aliphatic heterocycles. The lowest BCUT2D eigenvalue weighted by Gasteiger charge is -2.38. The molecule has 0 saturated carbocycles. The van der Waals surface area contributed by atoms with Crippen LogP contribution in [-0.4, -0.2) is 130 Å². The first-order chi connectivity index (χ1) is 34.3. The van der Waals surface area contributed by atoms with Crippen molar-refractivity contribution < 1.29 is 114 Å². The van der Waals surface area contributed by atoms with Crippen LogP contribution in [0.25, 0.3) is 22.9 Å². The van der Waals surface area contributed by atoms with E-state index in [0.29, 0.717) is 23.8 Å². The van der Waals surface area contributed by atoms with Crippen LogP contribution in [0.15, 0.2) is 98.1 Å². The van der Waals surface area contributed by atoms with Gasteiger partial charge in [-0.1, -0.05) is 79.9 Å². The first-order valence-electron chi connectivity index (χ1n) is 20.8. The number of hydrogen-bond donors (Lipinski definition) is 2. The van der Waals surface area contributed by atoms with Crippen molar-refractivity contribution in [2.24, 2.45) is 0 Å². The van der Waals surface area contributed by atoms with Gasteiger partial charge in [0.05, 0.1) is 6.10 Å². The predicted octanol–water partition coefficient (Wildman–Crippen LogP) is 8.31. The van der Waals surface area contributed by atoms with Crippen LogP contribution in [0.3, 0.4) is 0 Å². The Hall–Kier alpha value is -5.64. The highest BCUT2D eigenvalue weighted by Gasteiger charge is 2.84. The molecule has 32 heteroatoms. The summed E-state index contributed by atoms with van der Waals surface area (Å²) in [6.07, 6.45) is 3.95. The van der Waals surface area contributed by atoms with E-state index >= 15 is 0 Å². The molecular formula is C43H40F12N2O14S4. The molecule has 0 aromatic heterocycles. The lowest BCUT2D eigenvalue weighted by molar-refractivity contribution is -0.247. The summed E-state index contributed by atoms with van der Waals surface area (Å²) >= 11 is 0. The molecule has 0 bridgehead atoms. The highest BCUT2D eigenvalue weighted by Crippen LogP contribution is 2.52. The molecule has 1 fully saturated rings. The molecule has 4 aromatic carbocycles. The minimum absolute atomic E-state index is 0.121. The Labute approximate surface area is 419 Å². The smallest absolute Gasteiger partial charge is 0.378 e. The summed E-state index contributed by atoms with van der Waals surface area (Å²) in [5.41, 5.74) is 2.88. The number of hydrogen-bond acceptors (Lipinski definition) is 12. The number of rotatable bonds is 22. The SMILES string of the molecule is C=Cc1ccc(C(=O)N2CCN(S(=O)(=O)C(F)(F)C(F)(F)C(F)(F)S(=O)(=O)O)CC2)cc1.C=Cc1ccc2cc(CC(OCCCC=O)c3ccc(OS(=O)(=O)C(F)(F)C(F)(F)C(F)(F)S(=O)(=O)O)cc3)ccc2c1. The molecule has 0 aliphatic carbocycles. The van der Waals surface area contributed by atoms with Crippen molar-refractivity contribution in [3.8, 4) is 5.75 Å². The second-order valence-corrected chi connectivity index (χ2v) is 22.3. The van der Waals surface area contributed by atoms with Crippen molar-refractivity contribution in [3.05, 3.63) is 126 Å². The fraction of sp³-hybridized carbons (Fsp3) is 0.349. The Morgan fingerprint density at radius 2 is 1.11 bits per heavy atom. The van der Waals surface area contributed by atoms with Gasteiger partial charge in [-0.05, 0) is 69.8 Å². The van der Waals surface area contributed by atoms with Crippen molar-refractivity contribution >= 4 is 75.5 Å². The van der Waals surface area contributed by atoms with Gasteiger partial charge in [-0.2, -0.15) is 82.2 Å². The van der Waals surface area contributed by atoms with Gasteiger partial charge in [-0.15, -0.1) is 0 Å². The Morgan fingerprint density at radius 1 is 0.627 bits per heavy atom. The summed E-state index contributed by atoms with van der Waals surface area (Å²) in [6.45, 7) is 4.37. The summed E-state index contributed by atoms with van der Waals surface area (Å²) in [5, 5.41) is -25.3. The zero-order valence-corrected chi connectivity index (χ0v) is 41.1. The number of carbonyl (C=O) groups is 2. The predicted molar refractivity (Wildman–Crippen MR) is 243 cm³/mol. The Kier molecular flexibility index (Phi) is 18.6. The monoisotopic (exact) mass is 1160 g/mol. The first kappa shape index (κ1) is 61.9. The molecule has 0 spiro atoms. The Morgan fingerprint density at radius 3 is 1.60 bits per heavy atom. The molecule has 1 aliphatic rings. The number of ether oxygens (including phenoxy) is 1. The molecular weight excluding hydrogens is 1120 g/mol. The maximum absolute atomic E-state index is 14.1. The van der Waals surface area contributed by atoms with Gasteiger partial charge >= 0.3 is 63.2 Å². The largest absolute Gasteiger partial charge is 0.450 e. The number of nitrogens with zero attached hydrogens (tertiary/aromatic N) is 2. The van der Waals surface area contributed by atoms with Gasteiger partial charge in [-0.3, -0.25) is 13.9 Å². The summed E-state index contributed by atoms with van der Waals surface area (Å²) in [6, 6.07) is 21.0. The number of aldehydes is 1. The minimum atomic E-state index is -7.16. The van der Waals surface area contributed by atoms with Crippen LogP contribution in [0, 0.1) is 0 Å². The third-order valence-electron chi connectivity index (χ3n) is 10.8. The highest BCUT2D eigenvalue weighted by atomic mass is 32.2. The van der Waals surface area contributed by atoms with Gasteiger partial charge < -0.3 is 18.6 Å². The van der Waals surface area contributed by atoms with Crippen LogP contribution >= 0.6 is 0 Å². The number of carbonyl (C=O) groups excluding carboxylic acids is 2. The molecule has 0 radical (unpaired) electrons. The number of benzene rings is 4. The number of fused-ring (bicyclic) bond motifs is 1.